The van der Waals surface area contributed by atoms with Gasteiger partial charge in [0.25, 0.3) is 0 Å². The lowest BCUT2D eigenvalue weighted by molar-refractivity contribution is 0.343. The maximum Gasteiger partial charge on any atom is 0.124 e. The summed E-state index contributed by atoms with van der Waals surface area (Å²) in [4.78, 5) is 0. The molecular weight excluding hydrogens is 297 g/mol. The number of rotatable bonds is 3. The molecule has 1 saturated heterocycles. The van der Waals surface area contributed by atoms with Crippen LogP contribution in [0.3, 0.4) is 0 Å². The van der Waals surface area contributed by atoms with Gasteiger partial charge in [-0.05, 0) is 30.0 Å². The van der Waals surface area contributed by atoms with Crippen LogP contribution in [0.2, 0.25) is 0 Å². The fourth-order valence-corrected chi connectivity index (χ4v) is 3.09. The van der Waals surface area contributed by atoms with Gasteiger partial charge in [-0.1, -0.05) is 35.8 Å². The maximum atomic E-state index is 13.1. The minimum absolute atomic E-state index is 0.0747. The first kappa shape index (κ1) is 13.9. The Kier molecular flexibility index (Phi) is 4.37. The van der Waals surface area contributed by atoms with Crippen molar-refractivity contribution >= 4 is 15.9 Å². The molecule has 1 aromatic rings. The molecule has 1 aliphatic rings. The van der Waals surface area contributed by atoms with E-state index in [-0.39, 0.29) is 18.0 Å². The van der Waals surface area contributed by atoms with Gasteiger partial charge in [0.15, 0.2) is 0 Å². The van der Waals surface area contributed by atoms with Gasteiger partial charge < -0.3 is 5.73 Å². The summed E-state index contributed by atoms with van der Waals surface area (Å²) in [5, 5.41) is 0. The number of nitrogens with one attached hydrogen (secondary N) is 2. The third-order valence-corrected chi connectivity index (χ3v) is 4.02. The van der Waals surface area contributed by atoms with Crippen LogP contribution in [0.25, 0.3) is 0 Å². The van der Waals surface area contributed by atoms with Crippen molar-refractivity contribution in [2.45, 2.75) is 32.5 Å². The first-order valence-corrected chi connectivity index (χ1v) is 7.00. The van der Waals surface area contributed by atoms with Crippen LogP contribution in [0.15, 0.2) is 22.7 Å². The number of hydrogen-bond acceptors (Lipinski definition) is 3. The van der Waals surface area contributed by atoms with Crippen molar-refractivity contribution in [2.24, 2.45) is 17.6 Å². The number of hydrogen-bond donors (Lipinski definition) is 3. The third-order valence-electron chi connectivity index (χ3n) is 3.34. The van der Waals surface area contributed by atoms with Gasteiger partial charge in [-0.15, -0.1) is 0 Å². The summed E-state index contributed by atoms with van der Waals surface area (Å²) in [6.07, 6.45) is 0.949. The highest BCUT2D eigenvalue weighted by molar-refractivity contribution is 9.10. The summed E-state index contributed by atoms with van der Waals surface area (Å²) >= 11 is 3.42. The molecule has 1 heterocycles. The standard InChI is InChI=1S/C13H19BrFN3/c1-7(2)5-10-12(17-18-13(10)16)9-4-3-8(15)6-11(9)14/h3-4,6-7,10,12-13,17-18H,5,16H2,1-2H3. The smallest absolute Gasteiger partial charge is 0.124 e. The average Bonchev–Trinajstić information content (AvgIpc) is 2.60. The lowest BCUT2D eigenvalue weighted by Gasteiger charge is -2.23. The van der Waals surface area contributed by atoms with Gasteiger partial charge in [0.05, 0.1) is 12.2 Å². The highest BCUT2D eigenvalue weighted by Crippen LogP contribution is 2.35. The molecule has 1 fully saturated rings. The Labute approximate surface area is 115 Å². The Morgan fingerprint density at radius 2 is 2.11 bits per heavy atom. The van der Waals surface area contributed by atoms with Crippen LogP contribution in [0.4, 0.5) is 4.39 Å². The van der Waals surface area contributed by atoms with Crippen LogP contribution >= 0.6 is 15.9 Å². The Morgan fingerprint density at radius 1 is 1.39 bits per heavy atom. The second-order valence-corrected chi connectivity index (χ2v) is 6.11. The molecular formula is C13H19BrFN3. The first-order valence-electron chi connectivity index (χ1n) is 6.20. The fraction of sp³-hybridized carbons (Fsp3) is 0.538. The molecule has 3 atom stereocenters. The molecule has 1 aliphatic heterocycles. The largest absolute Gasteiger partial charge is 0.315 e. The van der Waals surface area contributed by atoms with Crippen LogP contribution in [0.1, 0.15) is 31.9 Å². The molecule has 3 nitrogen and oxygen atoms in total. The summed E-state index contributed by atoms with van der Waals surface area (Å²) in [7, 11) is 0. The molecule has 0 saturated carbocycles. The SMILES string of the molecule is CC(C)CC1C(N)NNC1c1ccc(F)cc1Br. The summed E-state index contributed by atoms with van der Waals surface area (Å²) in [5.41, 5.74) is 13.4. The lowest BCUT2D eigenvalue weighted by atomic mass is 9.86. The summed E-state index contributed by atoms with van der Waals surface area (Å²) in [6.45, 7) is 4.36. The summed E-state index contributed by atoms with van der Waals surface area (Å²) in [5.74, 6) is 0.637. The van der Waals surface area contributed by atoms with Crippen LogP contribution < -0.4 is 16.6 Å². The Balaban J connectivity index is 2.25. The molecule has 0 spiro atoms. The maximum absolute atomic E-state index is 13.1. The van der Waals surface area contributed by atoms with Crippen LogP contribution in [0, 0.1) is 17.7 Å². The fourth-order valence-electron chi connectivity index (χ4n) is 2.50. The Bertz CT molecular complexity index is 425. The molecule has 0 aliphatic carbocycles. The number of benzene rings is 1. The van der Waals surface area contributed by atoms with E-state index in [1.165, 1.54) is 12.1 Å². The van der Waals surface area contributed by atoms with Crippen molar-refractivity contribution in [1.29, 1.82) is 0 Å². The van der Waals surface area contributed by atoms with Gasteiger partial charge in [-0.25, -0.2) is 15.2 Å². The molecule has 4 N–H and O–H groups in total. The zero-order chi connectivity index (χ0) is 13.3. The number of halogens is 2. The number of nitrogens with two attached hydrogens (primary N) is 1. The minimum atomic E-state index is -0.235. The van der Waals surface area contributed by atoms with E-state index in [0.29, 0.717) is 11.8 Å². The molecule has 1 aromatic carbocycles. The van der Waals surface area contributed by atoms with Gasteiger partial charge in [-0.3, -0.25) is 0 Å². The Morgan fingerprint density at radius 3 is 2.72 bits per heavy atom. The van der Waals surface area contributed by atoms with E-state index in [2.05, 4.69) is 40.6 Å². The highest BCUT2D eigenvalue weighted by Gasteiger charge is 2.35. The lowest BCUT2D eigenvalue weighted by Crippen LogP contribution is -2.39. The van der Waals surface area contributed by atoms with Crippen LogP contribution in [-0.2, 0) is 0 Å². The molecule has 100 valence electrons. The van der Waals surface area contributed by atoms with E-state index in [9.17, 15) is 4.39 Å². The van der Waals surface area contributed by atoms with Crippen molar-refractivity contribution < 1.29 is 4.39 Å². The third kappa shape index (κ3) is 2.91. The average molecular weight is 316 g/mol. The second-order valence-electron chi connectivity index (χ2n) is 5.25. The van der Waals surface area contributed by atoms with Crippen LogP contribution in [-0.4, -0.2) is 6.17 Å². The van der Waals surface area contributed by atoms with Gasteiger partial charge in [-0.2, -0.15) is 0 Å². The van der Waals surface area contributed by atoms with Crippen molar-refractivity contribution in [3.63, 3.8) is 0 Å². The molecule has 18 heavy (non-hydrogen) atoms. The van der Waals surface area contributed by atoms with Gasteiger partial charge in [0, 0.05) is 10.4 Å². The number of hydrazine groups is 1. The van der Waals surface area contributed by atoms with Crippen molar-refractivity contribution in [3.8, 4) is 0 Å². The van der Waals surface area contributed by atoms with Crippen molar-refractivity contribution in [2.75, 3.05) is 0 Å². The van der Waals surface area contributed by atoms with E-state index >= 15 is 0 Å². The normalized spacial score (nSPS) is 28.0. The minimum Gasteiger partial charge on any atom is -0.315 e. The zero-order valence-electron chi connectivity index (χ0n) is 10.6. The molecule has 0 radical (unpaired) electrons. The van der Waals surface area contributed by atoms with Gasteiger partial charge in [0.2, 0.25) is 0 Å². The summed E-state index contributed by atoms with van der Waals surface area (Å²) < 4.78 is 13.9. The zero-order valence-corrected chi connectivity index (χ0v) is 12.2. The predicted octanol–water partition coefficient (Wildman–Crippen LogP) is 2.68. The monoisotopic (exact) mass is 315 g/mol. The molecule has 0 amide bonds. The quantitative estimate of drug-likeness (QED) is 0.804. The van der Waals surface area contributed by atoms with E-state index < -0.39 is 0 Å². The molecule has 5 heteroatoms. The van der Waals surface area contributed by atoms with Gasteiger partial charge >= 0.3 is 0 Å². The van der Waals surface area contributed by atoms with Crippen molar-refractivity contribution in [3.05, 3.63) is 34.1 Å². The molecule has 0 bridgehead atoms. The van der Waals surface area contributed by atoms with E-state index in [0.717, 1.165) is 16.5 Å². The molecule has 0 aromatic heterocycles. The molecule has 2 rings (SSSR count). The van der Waals surface area contributed by atoms with Gasteiger partial charge in [0.1, 0.15) is 5.82 Å². The predicted molar refractivity (Wildman–Crippen MR) is 74.0 cm³/mol. The van der Waals surface area contributed by atoms with E-state index in [1.807, 2.05) is 6.07 Å². The summed E-state index contributed by atoms with van der Waals surface area (Å²) in [6, 6.07) is 4.90. The van der Waals surface area contributed by atoms with Crippen molar-refractivity contribution in [1.82, 2.24) is 10.9 Å². The van der Waals surface area contributed by atoms with E-state index in [4.69, 9.17) is 5.73 Å². The topological polar surface area (TPSA) is 50.1 Å². The highest BCUT2D eigenvalue weighted by atomic mass is 79.9. The first-order chi connectivity index (χ1) is 8.49. The molecule has 3 unspecified atom stereocenters. The second kappa shape index (κ2) is 5.65. The van der Waals surface area contributed by atoms with E-state index in [1.54, 1.807) is 0 Å². The van der Waals surface area contributed by atoms with Crippen LogP contribution in [0.5, 0.6) is 0 Å². The Hall–Kier alpha value is -0.490.